The lowest BCUT2D eigenvalue weighted by Crippen LogP contribution is -2.56. The Kier molecular flexibility index (Phi) is 4.19. The molecule has 1 aliphatic carbocycles. The summed E-state index contributed by atoms with van der Waals surface area (Å²) in [5.74, 6) is 1.58. The zero-order chi connectivity index (χ0) is 14.0. The molecule has 19 heavy (non-hydrogen) atoms. The topological polar surface area (TPSA) is 29.3 Å². The minimum absolute atomic E-state index is 0.137. The van der Waals surface area contributed by atoms with Gasteiger partial charge in [0.05, 0.1) is 5.54 Å². The maximum atomic E-state index is 6.19. The van der Waals surface area contributed by atoms with Crippen LogP contribution >= 0.6 is 0 Å². The lowest BCUT2D eigenvalue weighted by atomic mass is 9.70. The standard InChI is InChI=1S/C17H28N2/c1-13-9-10-17(12-18,11-15(13)3)19(4)16-8-6-5-7-14(16)2/h5-8,13,15H,9-12,18H2,1-4H3. The average Bonchev–Trinajstić information content (AvgIpc) is 2.42. The van der Waals surface area contributed by atoms with Crippen LogP contribution in [0.25, 0.3) is 0 Å². The Morgan fingerprint density at radius 2 is 1.95 bits per heavy atom. The number of rotatable bonds is 3. The summed E-state index contributed by atoms with van der Waals surface area (Å²) in [6, 6.07) is 8.63. The SMILES string of the molecule is Cc1ccccc1N(C)C1(CN)CCC(C)C(C)C1. The molecule has 2 nitrogen and oxygen atoms in total. The van der Waals surface area contributed by atoms with E-state index in [0.717, 1.165) is 18.4 Å². The molecule has 1 aromatic rings. The Balaban J connectivity index is 2.29. The molecule has 0 heterocycles. The Morgan fingerprint density at radius 1 is 1.26 bits per heavy atom. The molecule has 2 N–H and O–H groups in total. The molecule has 2 rings (SSSR count). The van der Waals surface area contributed by atoms with Crippen molar-refractivity contribution in [2.45, 2.75) is 45.6 Å². The lowest BCUT2D eigenvalue weighted by Gasteiger charge is -2.49. The molecular weight excluding hydrogens is 232 g/mol. The summed E-state index contributed by atoms with van der Waals surface area (Å²) in [4.78, 5) is 2.45. The second kappa shape index (κ2) is 5.54. The maximum absolute atomic E-state index is 6.19. The van der Waals surface area contributed by atoms with Crippen molar-refractivity contribution in [1.82, 2.24) is 0 Å². The first-order chi connectivity index (χ1) is 9.00. The van der Waals surface area contributed by atoms with Crippen LogP contribution in [0, 0.1) is 18.8 Å². The quantitative estimate of drug-likeness (QED) is 0.900. The number of nitrogens with two attached hydrogens (primary N) is 1. The highest BCUT2D eigenvalue weighted by atomic mass is 15.2. The largest absolute Gasteiger partial charge is 0.367 e. The number of benzene rings is 1. The number of para-hydroxylation sites is 1. The minimum Gasteiger partial charge on any atom is -0.367 e. The molecule has 0 spiro atoms. The smallest absolute Gasteiger partial charge is 0.0523 e. The summed E-state index contributed by atoms with van der Waals surface area (Å²) in [5.41, 5.74) is 9.00. The molecule has 0 radical (unpaired) electrons. The lowest BCUT2D eigenvalue weighted by molar-refractivity contribution is 0.176. The molecular formula is C17H28N2. The fourth-order valence-electron chi connectivity index (χ4n) is 3.51. The molecule has 1 fully saturated rings. The van der Waals surface area contributed by atoms with Gasteiger partial charge in [-0.1, -0.05) is 32.0 Å². The molecule has 0 aromatic heterocycles. The molecule has 0 saturated heterocycles. The molecule has 1 saturated carbocycles. The third-order valence-corrected chi connectivity index (χ3v) is 5.31. The van der Waals surface area contributed by atoms with E-state index in [9.17, 15) is 0 Å². The van der Waals surface area contributed by atoms with E-state index in [1.54, 1.807) is 0 Å². The van der Waals surface area contributed by atoms with Crippen LogP contribution in [0.5, 0.6) is 0 Å². The second-order valence-electron chi connectivity index (χ2n) is 6.47. The Hall–Kier alpha value is -1.02. The summed E-state index contributed by atoms with van der Waals surface area (Å²) in [6.45, 7) is 7.68. The first kappa shape index (κ1) is 14.4. The van der Waals surface area contributed by atoms with E-state index < -0.39 is 0 Å². The third kappa shape index (κ3) is 2.64. The van der Waals surface area contributed by atoms with Crippen molar-refractivity contribution in [2.24, 2.45) is 17.6 Å². The van der Waals surface area contributed by atoms with Crippen molar-refractivity contribution in [3.05, 3.63) is 29.8 Å². The van der Waals surface area contributed by atoms with Gasteiger partial charge in [0.25, 0.3) is 0 Å². The van der Waals surface area contributed by atoms with Crippen molar-refractivity contribution >= 4 is 5.69 Å². The highest BCUT2D eigenvalue weighted by molar-refractivity contribution is 5.54. The highest BCUT2D eigenvalue weighted by Gasteiger charge is 2.40. The van der Waals surface area contributed by atoms with E-state index in [4.69, 9.17) is 5.73 Å². The van der Waals surface area contributed by atoms with Crippen LogP contribution in [-0.4, -0.2) is 19.1 Å². The van der Waals surface area contributed by atoms with Gasteiger partial charge >= 0.3 is 0 Å². The van der Waals surface area contributed by atoms with Crippen LogP contribution in [0.1, 0.15) is 38.7 Å². The Bertz CT molecular complexity index is 429. The van der Waals surface area contributed by atoms with Crippen LogP contribution in [0.3, 0.4) is 0 Å². The molecule has 1 aromatic carbocycles. The van der Waals surface area contributed by atoms with Crippen molar-refractivity contribution in [3.63, 3.8) is 0 Å². The van der Waals surface area contributed by atoms with Crippen LogP contribution in [0.2, 0.25) is 0 Å². The number of hydrogen-bond donors (Lipinski definition) is 1. The van der Waals surface area contributed by atoms with E-state index >= 15 is 0 Å². The summed E-state index contributed by atoms with van der Waals surface area (Å²) < 4.78 is 0. The van der Waals surface area contributed by atoms with Crippen molar-refractivity contribution < 1.29 is 0 Å². The fraction of sp³-hybridized carbons (Fsp3) is 0.647. The summed E-state index contributed by atoms with van der Waals surface area (Å²) >= 11 is 0. The van der Waals surface area contributed by atoms with Crippen LogP contribution in [0.15, 0.2) is 24.3 Å². The van der Waals surface area contributed by atoms with Gasteiger partial charge < -0.3 is 10.6 Å². The van der Waals surface area contributed by atoms with E-state index in [0.29, 0.717) is 0 Å². The highest BCUT2D eigenvalue weighted by Crippen LogP contribution is 2.41. The first-order valence-corrected chi connectivity index (χ1v) is 7.50. The van der Waals surface area contributed by atoms with E-state index in [1.165, 1.54) is 30.5 Å². The van der Waals surface area contributed by atoms with E-state index in [1.807, 2.05) is 0 Å². The normalized spacial score (nSPS) is 31.2. The molecule has 3 atom stereocenters. The minimum atomic E-state index is 0.137. The third-order valence-electron chi connectivity index (χ3n) is 5.31. The van der Waals surface area contributed by atoms with Crippen LogP contribution in [-0.2, 0) is 0 Å². The van der Waals surface area contributed by atoms with Crippen LogP contribution < -0.4 is 10.6 Å². The number of nitrogens with zero attached hydrogens (tertiary/aromatic N) is 1. The number of aryl methyl sites for hydroxylation is 1. The van der Waals surface area contributed by atoms with Crippen molar-refractivity contribution in [3.8, 4) is 0 Å². The summed E-state index contributed by atoms with van der Waals surface area (Å²) in [7, 11) is 2.22. The fourth-order valence-corrected chi connectivity index (χ4v) is 3.51. The van der Waals surface area contributed by atoms with Crippen LogP contribution in [0.4, 0.5) is 5.69 Å². The number of anilines is 1. The molecule has 0 bridgehead atoms. The van der Waals surface area contributed by atoms with Gasteiger partial charge in [-0.05, 0) is 49.7 Å². The predicted molar refractivity (Wildman–Crippen MR) is 83.5 cm³/mol. The molecule has 2 heteroatoms. The number of likely N-dealkylation sites (N-methyl/N-ethyl adjacent to an activating group) is 1. The Morgan fingerprint density at radius 3 is 2.53 bits per heavy atom. The molecule has 1 aliphatic rings. The van der Waals surface area contributed by atoms with Gasteiger partial charge in [0, 0.05) is 19.3 Å². The predicted octanol–water partition coefficient (Wildman–Crippen LogP) is 3.58. The van der Waals surface area contributed by atoms with Crippen molar-refractivity contribution in [2.75, 3.05) is 18.5 Å². The van der Waals surface area contributed by atoms with Gasteiger partial charge in [0.15, 0.2) is 0 Å². The molecule has 3 unspecified atom stereocenters. The monoisotopic (exact) mass is 260 g/mol. The van der Waals surface area contributed by atoms with Gasteiger partial charge in [0.2, 0.25) is 0 Å². The zero-order valence-corrected chi connectivity index (χ0v) is 12.8. The van der Waals surface area contributed by atoms with Gasteiger partial charge in [-0.15, -0.1) is 0 Å². The van der Waals surface area contributed by atoms with Gasteiger partial charge in [0.1, 0.15) is 0 Å². The Labute approximate surface area is 118 Å². The average molecular weight is 260 g/mol. The maximum Gasteiger partial charge on any atom is 0.0523 e. The summed E-state index contributed by atoms with van der Waals surface area (Å²) in [5, 5.41) is 0. The van der Waals surface area contributed by atoms with Gasteiger partial charge in [-0.25, -0.2) is 0 Å². The molecule has 106 valence electrons. The van der Waals surface area contributed by atoms with E-state index in [-0.39, 0.29) is 5.54 Å². The summed E-state index contributed by atoms with van der Waals surface area (Å²) in [6.07, 6.45) is 3.70. The number of hydrogen-bond acceptors (Lipinski definition) is 2. The second-order valence-corrected chi connectivity index (χ2v) is 6.47. The van der Waals surface area contributed by atoms with Gasteiger partial charge in [-0.3, -0.25) is 0 Å². The first-order valence-electron chi connectivity index (χ1n) is 7.50. The molecule has 0 amide bonds. The van der Waals surface area contributed by atoms with Gasteiger partial charge in [-0.2, -0.15) is 0 Å². The zero-order valence-electron chi connectivity index (χ0n) is 12.8. The molecule has 0 aliphatic heterocycles. The van der Waals surface area contributed by atoms with E-state index in [2.05, 4.69) is 57.0 Å². The van der Waals surface area contributed by atoms with Crippen molar-refractivity contribution in [1.29, 1.82) is 0 Å².